The topological polar surface area (TPSA) is 51.2 Å². The van der Waals surface area contributed by atoms with Crippen LogP contribution in [0.2, 0.25) is 0 Å². The molecule has 0 saturated carbocycles. The first-order valence-electron chi connectivity index (χ1n) is 8.35. The van der Waals surface area contributed by atoms with Crippen molar-refractivity contribution in [2.75, 3.05) is 34.9 Å². The second kappa shape index (κ2) is 7.23. The van der Waals surface area contributed by atoms with E-state index in [1.807, 2.05) is 24.3 Å². The maximum Gasteiger partial charge on any atom is 0.160 e. The fourth-order valence-electron chi connectivity index (χ4n) is 3.60. The van der Waals surface area contributed by atoms with E-state index >= 15 is 0 Å². The molecule has 1 aliphatic rings. The lowest BCUT2D eigenvalue weighted by Crippen LogP contribution is -2.31. The van der Waals surface area contributed by atoms with Crippen molar-refractivity contribution < 1.29 is 19.3 Å². The van der Waals surface area contributed by atoms with Crippen LogP contribution in [-0.4, -0.2) is 44.9 Å². The SMILES string of the molecule is COc1cc2c(cc1O)C(Cc1ccc(OC)c(OC)c1)CN(C)C2. The highest BCUT2D eigenvalue weighted by atomic mass is 16.5. The first kappa shape index (κ1) is 17.4. The molecular formula is C20H25NO4. The monoisotopic (exact) mass is 343 g/mol. The van der Waals surface area contributed by atoms with Crippen molar-refractivity contribution in [3.8, 4) is 23.0 Å². The summed E-state index contributed by atoms with van der Waals surface area (Å²) in [4.78, 5) is 2.30. The van der Waals surface area contributed by atoms with E-state index in [2.05, 4.69) is 18.0 Å². The molecule has 0 aromatic heterocycles. The molecule has 0 amide bonds. The Morgan fingerprint density at radius 1 is 1.00 bits per heavy atom. The van der Waals surface area contributed by atoms with E-state index in [4.69, 9.17) is 14.2 Å². The molecule has 5 heteroatoms. The van der Waals surface area contributed by atoms with Gasteiger partial charge in [-0.15, -0.1) is 0 Å². The van der Waals surface area contributed by atoms with Crippen molar-refractivity contribution >= 4 is 0 Å². The lowest BCUT2D eigenvalue weighted by Gasteiger charge is -2.33. The smallest absolute Gasteiger partial charge is 0.160 e. The summed E-state index contributed by atoms with van der Waals surface area (Å²) in [5.74, 6) is 2.49. The number of ether oxygens (including phenoxy) is 3. The van der Waals surface area contributed by atoms with Crippen molar-refractivity contribution in [3.05, 3.63) is 47.0 Å². The van der Waals surface area contributed by atoms with Crippen molar-refractivity contribution in [2.45, 2.75) is 18.9 Å². The number of phenolic OH excluding ortho intramolecular Hbond substituents is 1. The number of aromatic hydroxyl groups is 1. The van der Waals surface area contributed by atoms with Gasteiger partial charge in [0.15, 0.2) is 23.0 Å². The van der Waals surface area contributed by atoms with Gasteiger partial charge in [-0.2, -0.15) is 0 Å². The summed E-state index contributed by atoms with van der Waals surface area (Å²) in [6.07, 6.45) is 0.865. The van der Waals surface area contributed by atoms with Gasteiger partial charge >= 0.3 is 0 Å². The zero-order chi connectivity index (χ0) is 18.0. The fraction of sp³-hybridized carbons (Fsp3) is 0.400. The van der Waals surface area contributed by atoms with E-state index in [-0.39, 0.29) is 5.75 Å². The molecule has 25 heavy (non-hydrogen) atoms. The molecule has 0 aliphatic carbocycles. The lowest BCUT2D eigenvalue weighted by atomic mass is 9.85. The average molecular weight is 343 g/mol. The molecule has 2 aromatic rings. The van der Waals surface area contributed by atoms with Crippen LogP contribution in [0.25, 0.3) is 0 Å². The van der Waals surface area contributed by atoms with Gasteiger partial charge in [0.1, 0.15) is 0 Å². The van der Waals surface area contributed by atoms with Gasteiger partial charge < -0.3 is 24.2 Å². The standard InChI is InChI=1S/C20H25NO4/c1-21-11-14(7-13-5-6-18(23-2)20(8-13)25-4)16-10-17(22)19(24-3)9-15(16)12-21/h5-6,8-10,14,22H,7,11-12H2,1-4H3. The minimum atomic E-state index is 0.197. The molecule has 134 valence electrons. The molecule has 1 aliphatic heterocycles. The highest BCUT2D eigenvalue weighted by molar-refractivity contribution is 5.49. The molecule has 1 atom stereocenters. The molecule has 1 heterocycles. The van der Waals surface area contributed by atoms with Crippen LogP contribution in [0.5, 0.6) is 23.0 Å². The number of hydrogen-bond donors (Lipinski definition) is 1. The van der Waals surface area contributed by atoms with Crippen LogP contribution in [0, 0.1) is 0 Å². The Balaban J connectivity index is 1.92. The van der Waals surface area contributed by atoms with E-state index < -0.39 is 0 Å². The first-order valence-corrected chi connectivity index (χ1v) is 8.35. The van der Waals surface area contributed by atoms with Crippen molar-refractivity contribution in [3.63, 3.8) is 0 Å². The Morgan fingerprint density at radius 2 is 1.72 bits per heavy atom. The van der Waals surface area contributed by atoms with E-state index in [1.165, 1.54) is 16.7 Å². The van der Waals surface area contributed by atoms with E-state index in [0.717, 1.165) is 31.0 Å². The third-order valence-electron chi connectivity index (χ3n) is 4.78. The normalized spacial score (nSPS) is 17.0. The molecule has 0 radical (unpaired) electrons. The Kier molecular flexibility index (Phi) is 5.04. The Hall–Kier alpha value is -2.40. The predicted molar refractivity (Wildman–Crippen MR) is 97.0 cm³/mol. The maximum atomic E-state index is 10.2. The number of hydrogen-bond acceptors (Lipinski definition) is 5. The molecule has 1 N–H and O–H groups in total. The molecule has 0 bridgehead atoms. The molecule has 2 aromatic carbocycles. The highest BCUT2D eigenvalue weighted by Crippen LogP contribution is 2.38. The molecule has 0 spiro atoms. The van der Waals surface area contributed by atoms with Gasteiger partial charge in [-0.3, -0.25) is 0 Å². The zero-order valence-corrected chi connectivity index (χ0v) is 15.2. The number of methoxy groups -OCH3 is 3. The fourth-order valence-corrected chi connectivity index (χ4v) is 3.60. The summed E-state index contributed by atoms with van der Waals surface area (Å²) in [7, 11) is 6.98. The number of nitrogens with zero attached hydrogens (tertiary/aromatic N) is 1. The quantitative estimate of drug-likeness (QED) is 0.904. The largest absolute Gasteiger partial charge is 0.504 e. The Labute approximate surface area is 148 Å². The van der Waals surface area contributed by atoms with Gasteiger partial charge in [0.05, 0.1) is 21.3 Å². The summed E-state index contributed by atoms with van der Waals surface area (Å²) >= 11 is 0. The Morgan fingerprint density at radius 3 is 2.40 bits per heavy atom. The second-order valence-corrected chi connectivity index (χ2v) is 6.51. The first-order chi connectivity index (χ1) is 12.0. The second-order valence-electron chi connectivity index (χ2n) is 6.51. The molecule has 5 nitrogen and oxygen atoms in total. The summed E-state index contributed by atoms with van der Waals surface area (Å²) in [6.45, 7) is 1.79. The number of rotatable bonds is 5. The van der Waals surface area contributed by atoms with Crippen LogP contribution >= 0.6 is 0 Å². The third-order valence-corrected chi connectivity index (χ3v) is 4.78. The van der Waals surface area contributed by atoms with Crippen molar-refractivity contribution in [1.82, 2.24) is 4.90 Å². The highest BCUT2D eigenvalue weighted by Gasteiger charge is 2.26. The van der Waals surface area contributed by atoms with Gasteiger partial charge in [-0.05, 0) is 54.4 Å². The lowest BCUT2D eigenvalue weighted by molar-refractivity contribution is 0.277. The number of fused-ring (bicyclic) bond motifs is 1. The molecule has 0 fully saturated rings. The van der Waals surface area contributed by atoms with E-state index in [9.17, 15) is 5.11 Å². The van der Waals surface area contributed by atoms with Gasteiger partial charge in [0.25, 0.3) is 0 Å². The maximum absolute atomic E-state index is 10.2. The average Bonchev–Trinajstić information content (AvgIpc) is 2.61. The summed E-state index contributed by atoms with van der Waals surface area (Å²) in [5, 5.41) is 10.2. The van der Waals surface area contributed by atoms with Crippen LogP contribution in [0.3, 0.4) is 0 Å². The summed E-state index contributed by atoms with van der Waals surface area (Å²) in [6, 6.07) is 9.83. The molecule has 3 rings (SSSR count). The van der Waals surface area contributed by atoms with Gasteiger partial charge in [0, 0.05) is 19.0 Å². The number of benzene rings is 2. The number of phenols is 1. The number of likely N-dealkylation sites (N-methyl/N-ethyl adjacent to an activating group) is 1. The van der Waals surface area contributed by atoms with Crippen molar-refractivity contribution in [2.24, 2.45) is 0 Å². The molecular weight excluding hydrogens is 318 g/mol. The van der Waals surface area contributed by atoms with Crippen LogP contribution < -0.4 is 14.2 Å². The molecule has 1 unspecified atom stereocenters. The minimum Gasteiger partial charge on any atom is -0.504 e. The molecule has 0 saturated heterocycles. The zero-order valence-electron chi connectivity index (χ0n) is 15.2. The van der Waals surface area contributed by atoms with Crippen LogP contribution in [0.4, 0.5) is 0 Å². The van der Waals surface area contributed by atoms with E-state index in [0.29, 0.717) is 11.7 Å². The van der Waals surface area contributed by atoms with Gasteiger partial charge in [0.2, 0.25) is 0 Å². The van der Waals surface area contributed by atoms with Crippen molar-refractivity contribution in [1.29, 1.82) is 0 Å². The Bertz CT molecular complexity index is 760. The van der Waals surface area contributed by atoms with E-state index in [1.54, 1.807) is 21.3 Å². The van der Waals surface area contributed by atoms with Crippen LogP contribution in [-0.2, 0) is 13.0 Å². The van der Waals surface area contributed by atoms with Gasteiger partial charge in [-0.1, -0.05) is 6.07 Å². The summed E-state index contributed by atoms with van der Waals surface area (Å²) in [5.41, 5.74) is 3.57. The van der Waals surface area contributed by atoms with Crippen LogP contribution in [0.1, 0.15) is 22.6 Å². The van der Waals surface area contributed by atoms with Crippen LogP contribution in [0.15, 0.2) is 30.3 Å². The van der Waals surface area contributed by atoms with Gasteiger partial charge in [-0.25, -0.2) is 0 Å². The third kappa shape index (κ3) is 3.51. The minimum absolute atomic E-state index is 0.197. The summed E-state index contributed by atoms with van der Waals surface area (Å²) < 4.78 is 16.0. The predicted octanol–water partition coefficient (Wildman–Crippen LogP) is 3.19.